The molecule has 0 amide bonds. The molecule has 0 aliphatic carbocycles. The highest BCUT2D eigenvalue weighted by Gasteiger charge is 2.11. The summed E-state index contributed by atoms with van der Waals surface area (Å²) in [5.41, 5.74) is 1.23. The maximum atomic E-state index is 13.1. The van der Waals surface area contributed by atoms with Gasteiger partial charge < -0.3 is 0 Å². The molecular formula is C14H9BrClFO. The summed E-state index contributed by atoms with van der Waals surface area (Å²) in [6.45, 7) is 0. The summed E-state index contributed by atoms with van der Waals surface area (Å²) < 4.78 is 13.4. The molecule has 0 N–H and O–H groups in total. The van der Waals surface area contributed by atoms with Crippen molar-refractivity contribution in [3.05, 3.63) is 68.9 Å². The first-order chi connectivity index (χ1) is 8.58. The second kappa shape index (κ2) is 5.63. The van der Waals surface area contributed by atoms with Crippen molar-refractivity contribution in [3.8, 4) is 0 Å². The maximum absolute atomic E-state index is 13.1. The molecular weight excluding hydrogens is 319 g/mol. The Kier molecular flexibility index (Phi) is 4.15. The van der Waals surface area contributed by atoms with Crippen molar-refractivity contribution in [1.82, 2.24) is 0 Å². The average Bonchev–Trinajstić information content (AvgIpc) is 2.35. The Bertz CT molecular complexity index is 598. The zero-order chi connectivity index (χ0) is 13.1. The maximum Gasteiger partial charge on any atom is 0.167 e. The Morgan fingerprint density at radius 2 is 1.94 bits per heavy atom. The highest BCUT2D eigenvalue weighted by molar-refractivity contribution is 9.10. The van der Waals surface area contributed by atoms with E-state index in [0.717, 1.165) is 5.56 Å². The molecule has 4 heteroatoms. The first-order valence-corrected chi connectivity index (χ1v) is 6.46. The molecule has 0 heterocycles. The lowest BCUT2D eigenvalue weighted by Crippen LogP contribution is -2.04. The van der Waals surface area contributed by atoms with Gasteiger partial charge in [0.1, 0.15) is 5.82 Å². The van der Waals surface area contributed by atoms with Crippen LogP contribution in [0.2, 0.25) is 5.02 Å². The van der Waals surface area contributed by atoms with E-state index < -0.39 is 0 Å². The molecule has 2 aromatic rings. The largest absolute Gasteiger partial charge is 0.294 e. The molecule has 0 bridgehead atoms. The van der Waals surface area contributed by atoms with Gasteiger partial charge in [0.15, 0.2) is 5.78 Å². The van der Waals surface area contributed by atoms with Gasteiger partial charge in [0.25, 0.3) is 0 Å². The number of rotatable bonds is 3. The lowest BCUT2D eigenvalue weighted by atomic mass is 10.0. The van der Waals surface area contributed by atoms with Crippen LogP contribution in [0.25, 0.3) is 0 Å². The molecule has 2 aromatic carbocycles. The molecule has 0 aliphatic heterocycles. The number of carbonyl (C=O) groups excluding carboxylic acids is 1. The van der Waals surface area contributed by atoms with Crippen LogP contribution in [-0.2, 0) is 6.42 Å². The molecule has 0 fully saturated rings. The average molecular weight is 328 g/mol. The van der Waals surface area contributed by atoms with Gasteiger partial charge in [0.05, 0.1) is 4.47 Å². The fraction of sp³-hybridized carbons (Fsp3) is 0.0714. The summed E-state index contributed by atoms with van der Waals surface area (Å²) in [5, 5.41) is 0.562. The minimum absolute atomic E-state index is 0.0937. The fourth-order valence-corrected chi connectivity index (χ4v) is 2.17. The molecule has 0 aromatic heterocycles. The zero-order valence-corrected chi connectivity index (χ0v) is 11.6. The Balaban J connectivity index is 2.22. The number of Topliss-reactive ketones (excluding diaryl/α,β-unsaturated/α-hetero) is 1. The highest BCUT2D eigenvalue weighted by Crippen LogP contribution is 2.20. The molecule has 92 valence electrons. The van der Waals surface area contributed by atoms with E-state index in [1.54, 1.807) is 12.1 Å². The lowest BCUT2D eigenvalue weighted by Gasteiger charge is -2.04. The van der Waals surface area contributed by atoms with Gasteiger partial charge in [-0.2, -0.15) is 0 Å². The van der Waals surface area contributed by atoms with E-state index in [1.165, 1.54) is 18.2 Å². The number of hydrogen-bond donors (Lipinski definition) is 0. The predicted octanol–water partition coefficient (Wildman–Crippen LogP) is 4.67. The van der Waals surface area contributed by atoms with E-state index in [-0.39, 0.29) is 22.5 Å². The quantitative estimate of drug-likeness (QED) is 0.749. The van der Waals surface area contributed by atoms with Gasteiger partial charge in [-0.1, -0.05) is 29.8 Å². The number of ketones is 1. The van der Waals surface area contributed by atoms with Crippen molar-refractivity contribution in [2.24, 2.45) is 0 Å². The molecule has 0 radical (unpaired) electrons. The van der Waals surface area contributed by atoms with Gasteiger partial charge in [-0.05, 0) is 45.8 Å². The Morgan fingerprint density at radius 3 is 2.61 bits per heavy atom. The van der Waals surface area contributed by atoms with Crippen molar-refractivity contribution >= 4 is 33.3 Å². The summed E-state index contributed by atoms with van der Waals surface area (Å²) in [5.74, 6) is -0.479. The van der Waals surface area contributed by atoms with Crippen molar-refractivity contribution in [1.29, 1.82) is 0 Å². The van der Waals surface area contributed by atoms with Crippen molar-refractivity contribution in [2.75, 3.05) is 0 Å². The van der Waals surface area contributed by atoms with Crippen LogP contribution in [0.3, 0.4) is 0 Å². The van der Waals surface area contributed by atoms with Gasteiger partial charge in [0, 0.05) is 17.0 Å². The van der Waals surface area contributed by atoms with E-state index in [9.17, 15) is 9.18 Å². The molecule has 0 saturated heterocycles. The third kappa shape index (κ3) is 2.98. The summed E-state index contributed by atoms with van der Waals surface area (Å²) in [4.78, 5) is 12.0. The number of carbonyl (C=O) groups is 1. The van der Waals surface area contributed by atoms with Crippen molar-refractivity contribution in [2.45, 2.75) is 6.42 Å². The fourth-order valence-electron chi connectivity index (χ4n) is 1.59. The van der Waals surface area contributed by atoms with Crippen molar-refractivity contribution < 1.29 is 9.18 Å². The van der Waals surface area contributed by atoms with Crippen LogP contribution in [0.5, 0.6) is 0 Å². The van der Waals surface area contributed by atoms with E-state index in [1.807, 2.05) is 12.1 Å². The van der Waals surface area contributed by atoms with E-state index in [0.29, 0.717) is 10.6 Å². The van der Waals surface area contributed by atoms with Crippen molar-refractivity contribution in [3.63, 3.8) is 0 Å². The minimum atomic E-state index is -0.385. The van der Waals surface area contributed by atoms with Gasteiger partial charge >= 0.3 is 0 Å². The molecule has 18 heavy (non-hydrogen) atoms. The van der Waals surface area contributed by atoms with Gasteiger partial charge in [-0.25, -0.2) is 4.39 Å². The SMILES string of the molecule is O=C(Cc1ccccc1Cl)c1ccc(F)c(Br)c1. The van der Waals surface area contributed by atoms with Crippen LogP contribution in [0.15, 0.2) is 46.9 Å². The molecule has 0 aliphatic rings. The smallest absolute Gasteiger partial charge is 0.167 e. The molecule has 1 nitrogen and oxygen atoms in total. The summed E-state index contributed by atoms with van der Waals surface area (Å²) in [7, 11) is 0. The minimum Gasteiger partial charge on any atom is -0.294 e. The summed E-state index contributed by atoms with van der Waals surface area (Å²) in [6.07, 6.45) is 0.206. The van der Waals surface area contributed by atoms with Crippen LogP contribution >= 0.6 is 27.5 Å². The standard InChI is InChI=1S/C14H9BrClFO/c15-11-7-10(5-6-13(11)17)14(18)8-9-3-1-2-4-12(9)16/h1-7H,8H2. The molecule has 2 rings (SSSR count). The van der Waals surface area contributed by atoms with Gasteiger partial charge in [0.2, 0.25) is 0 Å². The van der Waals surface area contributed by atoms with Crippen LogP contribution in [0.1, 0.15) is 15.9 Å². The Morgan fingerprint density at radius 1 is 1.22 bits per heavy atom. The molecule has 0 saturated carbocycles. The molecule has 0 atom stereocenters. The molecule has 0 unspecified atom stereocenters. The first-order valence-electron chi connectivity index (χ1n) is 5.29. The second-order valence-electron chi connectivity index (χ2n) is 3.82. The zero-order valence-electron chi connectivity index (χ0n) is 9.29. The highest BCUT2D eigenvalue weighted by atomic mass is 79.9. The van der Waals surface area contributed by atoms with Crippen LogP contribution in [0, 0.1) is 5.82 Å². The Hall–Kier alpha value is -1.19. The predicted molar refractivity (Wildman–Crippen MR) is 73.6 cm³/mol. The second-order valence-corrected chi connectivity index (χ2v) is 5.08. The van der Waals surface area contributed by atoms with Gasteiger partial charge in [-0.3, -0.25) is 4.79 Å². The molecule has 0 spiro atoms. The summed E-state index contributed by atoms with van der Waals surface area (Å²) >= 11 is 9.05. The van der Waals surface area contributed by atoms with Crippen LogP contribution in [0.4, 0.5) is 4.39 Å². The van der Waals surface area contributed by atoms with E-state index >= 15 is 0 Å². The monoisotopic (exact) mass is 326 g/mol. The number of halogens is 3. The Labute approximate surface area is 118 Å². The normalized spacial score (nSPS) is 10.4. The summed E-state index contributed by atoms with van der Waals surface area (Å²) in [6, 6.07) is 11.4. The number of hydrogen-bond acceptors (Lipinski definition) is 1. The third-order valence-electron chi connectivity index (χ3n) is 2.55. The number of benzene rings is 2. The van der Waals surface area contributed by atoms with Gasteiger partial charge in [-0.15, -0.1) is 0 Å². The van der Waals surface area contributed by atoms with E-state index in [4.69, 9.17) is 11.6 Å². The van der Waals surface area contributed by atoms with Crippen LogP contribution < -0.4 is 0 Å². The third-order valence-corrected chi connectivity index (χ3v) is 3.53. The van der Waals surface area contributed by atoms with E-state index in [2.05, 4.69) is 15.9 Å². The topological polar surface area (TPSA) is 17.1 Å². The van der Waals surface area contributed by atoms with Crippen LogP contribution in [-0.4, -0.2) is 5.78 Å². The first kappa shape index (κ1) is 13.2. The lowest BCUT2D eigenvalue weighted by molar-refractivity contribution is 0.0993.